The smallest absolute Gasteiger partial charge is 0.256 e. The molecule has 124 valence electrons. The predicted molar refractivity (Wildman–Crippen MR) is 85.9 cm³/mol. The van der Waals surface area contributed by atoms with Crippen LogP contribution in [0.2, 0.25) is 0 Å². The van der Waals surface area contributed by atoms with Crippen LogP contribution in [0.15, 0.2) is 42.5 Å². The van der Waals surface area contributed by atoms with Gasteiger partial charge in [-0.2, -0.15) is 0 Å². The topological polar surface area (TPSA) is 69.6 Å². The molecule has 1 heterocycles. The van der Waals surface area contributed by atoms with E-state index in [1.807, 2.05) is 0 Å². The third-order valence-electron chi connectivity index (χ3n) is 4.42. The van der Waals surface area contributed by atoms with Crippen molar-refractivity contribution in [2.75, 3.05) is 14.1 Å². The van der Waals surface area contributed by atoms with E-state index in [4.69, 9.17) is 0 Å². The van der Waals surface area contributed by atoms with Gasteiger partial charge >= 0.3 is 0 Å². The zero-order chi connectivity index (χ0) is 17.5. The van der Waals surface area contributed by atoms with Crippen molar-refractivity contribution in [1.29, 1.82) is 0 Å². The maximum absolute atomic E-state index is 13.7. The minimum atomic E-state index is -1.63. The summed E-state index contributed by atoms with van der Waals surface area (Å²) in [6, 6.07) is 10.5. The van der Waals surface area contributed by atoms with Gasteiger partial charge in [-0.05, 0) is 29.8 Å². The van der Waals surface area contributed by atoms with Crippen molar-refractivity contribution < 1.29 is 19.1 Å². The monoisotopic (exact) mass is 328 g/mol. The third-order valence-corrected chi connectivity index (χ3v) is 4.42. The summed E-state index contributed by atoms with van der Waals surface area (Å²) in [6.45, 7) is 0. The molecule has 0 saturated heterocycles. The molecule has 1 atom stereocenters. The maximum Gasteiger partial charge on any atom is 0.256 e. The van der Waals surface area contributed by atoms with E-state index >= 15 is 0 Å². The second-order valence-corrected chi connectivity index (χ2v) is 5.78. The van der Waals surface area contributed by atoms with Crippen molar-refractivity contribution in [3.63, 3.8) is 0 Å². The first-order chi connectivity index (χ1) is 11.4. The van der Waals surface area contributed by atoms with Crippen molar-refractivity contribution in [2.24, 2.45) is 0 Å². The normalized spacial score (nSPS) is 19.3. The Bertz CT molecular complexity index is 837. The largest absolute Gasteiger partial charge is 0.366 e. The van der Waals surface area contributed by atoms with Gasteiger partial charge in [0.1, 0.15) is 5.82 Å². The molecule has 1 aliphatic rings. The summed E-state index contributed by atoms with van der Waals surface area (Å²) < 4.78 is 13.7. The van der Waals surface area contributed by atoms with E-state index in [1.54, 1.807) is 24.3 Å². The first kappa shape index (κ1) is 16.1. The summed E-state index contributed by atoms with van der Waals surface area (Å²) in [7, 11) is 2.96. The second-order valence-electron chi connectivity index (χ2n) is 5.78. The first-order valence-corrected chi connectivity index (χ1v) is 7.49. The van der Waals surface area contributed by atoms with Crippen molar-refractivity contribution in [1.82, 2.24) is 10.2 Å². The highest BCUT2D eigenvalue weighted by molar-refractivity contribution is 6.00. The van der Waals surface area contributed by atoms with Gasteiger partial charge in [0.05, 0.1) is 0 Å². The zero-order valence-electron chi connectivity index (χ0n) is 13.3. The molecule has 2 N–H and O–H groups in total. The van der Waals surface area contributed by atoms with E-state index in [0.717, 1.165) is 0 Å². The third kappa shape index (κ3) is 2.35. The summed E-state index contributed by atoms with van der Waals surface area (Å²) >= 11 is 0. The van der Waals surface area contributed by atoms with Gasteiger partial charge in [-0.15, -0.1) is 0 Å². The van der Waals surface area contributed by atoms with E-state index in [0.29, 0.717) is 16.7 Å². The van der Waals surface area contributed by atoms with Crippen LogP contribution in [0.25, 0.3) is 0 Å². The summed E-state index contributed by atoms with van der Waals surface area (Å²) in [4.78, 5) is 25.6. The molecule has 6 heteroatoms. The highest BCUT2D eigenvalue weighted by atomic mass is 19.1. The lowest BCUT2D eigenvalue weighted by atomic mass is 9.91. The predicted octanol–water partition coefficient (Wildman–Crippen LogP) is 1.66. The number of hydrogen-bond acceptors (Lipinski definition) is 3. The van der Waals surface area contributed by atoms with Crippen LogP contribution in [0.5, 0.6) is 0 Å². The minimum Gasteiger partial charge on any atom is -0.366 e. The molecule has 2 aromatic carbocycles. The molecule has 0 bridgehead atoms. The Balaban J connectivity index is 2.10. The Morgan fingerprint density at radius 2 is 2.00 bits per heavy atom. The van der Waals surface area contributed by atoms with Gasteiger partial charge in [-0.25, -0.2) is 4.39 Å². The van der Waals surface area contributed by atoms with E-state index in [1.165, 1.54) is 37.2 Å². The SMILES string of the molecule is CNC(=O)c1ccc(F)cc1CC1(O)c2ccccc2C(=O)N1C. The number of fused-ring (bicyclic) bond motifs is 1. The van der Waals surface area contributed by atoms with E-state index in [-0.39, 0.29) is 23.8 Å². The Morgan fingerprint density at radius 1 is 1.29 bits per heavy atom. The number of aliphatic hydroxyl groups is 1. The van der Waals surface area contributed by atoms with E-state index in [2.05, 4.69) is 5.32 Å². The van der Waals surface area contributed by atoms with Gasteiger partial charge in [-0.3, -0.25) is 9.59 Å². The molecule has 0 fully saturated rings. The average Bonchev–Trinajstić information content (AvgIpc) is 2.77. The van der Waals surface area contributed by atoms with Crippen molar-refractivity contribution >= 4 is 11.8 Å². The number of benzene rings is 2. The number of carbonyl (C=O) groups excluding carboxylic acids is 2. The standard InChI is InChI=1S/C18H17FN2O3/c1-20-16(22)13-8-7-12(19)9-11(13)10-18(24)15-6-4-3-5-14(15)17(23)21(18)2/h3-9,24H,10H2,1-2H3,(H,20,22). The molecule has 2 amide bonds. The van der Waals surface area contributed by atoms with E-state index < -0.39 is 11.5 Å². The molecule has 0 saturated carbocycles. The summed E-state index contributed by atoms with van der Waals surface area (Å²) in [6.07, 6.45) is -0.0905. The van der Waals surface area contributed by atoms with Crippen LogP contribution < -0.4 is 5.32 Å². The highest BCUT2D eigenvalue weighted by Crippen LogP contribution is 2.39. The van der Waals surface area contributed by atoms with Crippen LogP contribution in [0.3, 0.4) is 0 Å². The number of nitrogens with zero attached hydrogens (tertiary/aromatic N) is 1. The number of halogens is 1. The second kappa shape index (κ2) is 5.72. The lowest BCUT2D eigenvalue weighted by Crippen LogP contribution is -2.43. The van der Waals surface area contributed by atoms with Gasteiger partial charge in [0.2, 0.25) is 0 Å². The van der Waals surface area contributed by atoms with E-state index in [9.17, 15) is 19.1 Å². The quantitative estimate of drug-likeness (QED) is 0.900. The van der Waals surface area contributed by atoms with Gasteiger partial charge in [0, 0.05) is 37.2 Å². The Hall–Kier alpha value is -2.73. The van der Waals surface area contributed by atoms with Crippen molar-refractivity contribution in [2.45, 2.75) is 12.1 Å². The number of rotatable bonds is 3. The molecule has 0 spiro atoms. The lowest BCUT2D eigenvalue weighted by molar-refractivity contribution is -0.0716. The van der Waals surface area contributed by atoms with Crippen LogP contribution in [-0.2, 0) is 12.1 Å². The fourth-order valence-electron chi connectivity index (χ4n) is 3.09. The van der Waals surface area contributed by atoms with Gasteiger partial charge < -0.3 is 15.3 Å². The number of amides is 2. The Labute approximate surface area is 138 Å². The molecule has 24 heavy (non-hydrogen) atoms. The summed E-state index contributed by atoms with van der Waals surface area (Å²) in [5.41, 5.74) is -0.194. The molecule has 0 radical (unpaired) electrons. The fourth-order valence-corrected chi connectivity index (χ4v) is 3.09. The Morgan fingerprint density at radius 3 is 2.71 bits per heavy atom. The lowest BCUT2D eigenvalue weighted by Gasteiger charge is -2.32. The number of hydrogen-bond donors (Lipinski definition) is 2. The number of likely N-dealkylation sites (N-methyl/N-ethyl adjacent to an activating group) is 1. The van der Waals surface area contributed by atoms with Crippen molar-refractivity contribution in [3.05, 3.63) is 70.5 Å². The fraction of sp³-hybridized carbons (Fsp3) is 0.222. The molecule has 2 aromatic rings. The van der Waals surface area contributed by atoms with Gasteiger partial charge in [0.25, 0.3) is 11.8 Å². The Kier molecular flexibility index (Phi) is 3.85. The number of nitrogens with one attached hydrogen (secondary N) is 1. The van der Waals surface area contributed by atoms with Crippen LogP contribution >= 0.6 is 0 Å². The summed E-state index contributed by atoms with van der Waals surface area (Å²) in [5, 5.41) is 13.7. The van der Waals surface area contributed by atoms with Gasteiger partial charge in [-0.1, -0.05) is 18.2 Å². The number of carbonyl (C=O) groups is 2. The molecule has 0 aromatic heterocycles. The van der Waals surface area contributed by atoms with Gasteiger partial charge in [0.15, 0.2) is 5.72 Å². The van der Waals surface area contributed by atoms with Crippen LogP contribution in [0.4, 0.5) is 4.39 Å². The summed E-state index contributed by atoms with van der Waals surface area (Å²) in [5.74, 6) is -1.21. The molecular weight excluding hydrogens is 311 g/mol. The average molecular weight is 328 g/mol. The van der Waals surface area contributed by atoms with Crippen molar-refractivity contribution in [3.8, 4) is 0 Å². The molecular formula is C18H17FN2O3. The highest BCUT2D eigenvalue weighted by Gasteiger charge is 2.46. The molecule has 5 nitrogen and oxygen atoms in total. The molecule has 0 aliphatic carbocycles. The molecule has 1 aliphatic heterocycles. The minimum absolute atomic E-state index is 0.0905. The van der Waals surface area contributed by atoms with Crippen LogP contribution in [-0.4, -0.2) is 35.9 Å². The maximum atomic E-state index is 13.7. The zero-order valence-corrected chi connectivity index (χ0v) is 13.3. The van der Waals surface area contributed by atoms with Crippen LogP contribution in [0.1, 0.15) is 31.8 Å². The van der Waals surface area contributed by atoms with Crippen LogP contribution in [0, 0.1) is 5.82 Å². The molecule has 3 rings (SSSR count). The molecule has 1 unspecified atom stereocenters. The first-order valence-electron chi connectivity index (χ1n) is 7.49.